The van der Waals surface area contributed by atoms with Gasteiger partial charge >= 0.3 is 5.97 Å². The molecule has 0 aliphatic carbocycles. The Kier molecular flexibility index (Phi) is 4.96. The lowest BCUT2D eigenvalue weighted by Gasteiger charge is -2.28. The average Bonchev–Trinajstić information content (AvgIpc) is 2.73. The van der Waals surface area contributed by atoms with Crippen LogP contribution in [0, 0.1) is 10.1 Å². The van der Waals surface area contributed by atoms with E-state index in [1.807, 2.05) is 12.1 Å². The van der Waals surface area contributed by atoms with Crippen LogP contribution in [0.1, 0.15) is 24.0 Å². The lowest BCUT2D eigenvalue weighted by molar-refractivity contribution is -0.384. The van der Waals surface area contributed by atoms with Crippen LogP contribution in [0.3, 0.4) is 0 Å². The number of rotatable bonds is 4. The minimum atomic E-state index is -0.873. The van der Waals surface area contributed by atoms with Gasteiger partial charge in [0, 0.05) is 22.2 Å². The fraction of sp³-hybridized carbons (Fsp3) is 0.143. The summed E-state index contributed by atoms with van der Waals surface area (Å²) in [5.41, 5.74) is 6.76. The molecule has 8 nitrogen and oxygen atoms in total. The molecule has 1 aliphatic heterocycles. The molecule has 1 aliphatic rings. The van der Waals surface area contributed by atoms with E-state index in [1.165, 1.54) is 24.3 Å². The van der Waals surface area contributed by atoms with Gasteiger partial charge in [0.1, 0.15) is 11.3 Å². The summed E-state index contributed by atoms with van der Waals surface area (Å²) in [7, 11) is 0. The van der Waals surface area contributed by atoms with Crippen LogP contribution in [0.5, 0.6) is 5.75 Å². The number of nitro benzene ring substituents is 1. The lowest BCUT2D eigenvalue weighted by Crippen LogP contribution is -2.30. The van der Waals surface area contributed by atoms with E-state index in [4.69, 9.17) is 15.2 Å². The van der Waals surface area contributed by atoms with E-state index < -0.39 is 16.8 Å². The van der Waals surface area contributed by atoms with Gasteiger partial charge in [0.15, 0.2) is 0 Å². The second-order valence-electron chi connectivity index (χ2n) is 6.51. The number of ether oxygens (including phenoxy) is 2. The number of carbonyl (C=O) groups excluding carboxylic acids is 1. The third kappa shape index (κ3) is 3.18. The van der Waals surface area contributed by atoms with Gasteiger partial charge in [-0.15, -0.1) is 0 Å². The van der Waals surface area contributed by atoms with Gasteiger partial charge in [-0.1, -0.05) is 35.6 Å². The monoisotopic (exact) mass is 424 g/mol. The lowest BCUT2D eigenvalue weighted by atomic mass is 9.83. The van der Waals surface area contributed by atoms with E-state index in [9.17, 15) is 19.7 Å². The van der Waals surface area contributed by atoms with E-state index in [-0.39, 0.29) is 39.8 Å². The summed E-state index contributed by atoms with van der Waals surface area (Å²) < 4.78 is 11.3. The number of nitrogens with two attached hydrogens (primary N) is 1. The summed E-state index contributed by atoms with van der Waals surface area (Å²) in [4.78, 5) is 36.3. The molecular formula is C21H16N2O6S. The minimum Gasteiger partial charge on any atom is -0.462 e. The molecule has 1 atom stereocenters. The van der Waals surface area contributed by atoms with Gasteiger partial charge in [-0.05, 0) is 24.6 Å². The van der Waals surface area contributed by atoms with Crippen molar-refractivity contribution in [1.82, 2.24) is 0 Å². The molecule has 2 N–H and O–H groups in total. The zero-order valence-electron chi connectivity index (χ0n) is 15.8. The molecule has 3 aromatic rings. The summed E-state index contributed by atoms with van der Waals surface area (Å²) >= 11 is 1.03. The van der Waals surface area contributed by atoms with E-state index in [0.717, 1.165) is 16.0 Å². The maximum atomic E-state index is 13.1. The fourth-order valence-electron chi connectivity index (χ4n) is 3.50. The van der Waals surface area contributed by atoms with Crippen LogP contribution in [0.25, 0.3) is 10.1 Å². The average molecular weight is 424 g/mol. The predicted octanol–water partition coefficient (Wildman–Crippen LogP) is 3.43. The summed E-state index contributed by atoms with van der Waals surface area (Å²) in [6.07, 6.45) is 0. The zero-order valence-corrected chi connectivity index (χ0v) is 16.6. The molecule has 0 amide bonds. The highest BCUT2D eigenvalue weighted by Crippen LogP contribution is 2.45. The van der Waals surface area contributed by atoms with Gasteiger partial charge in [-0.25, -0.2) is 4.79 Å². The Bertz CT molecular complexity index is 1260. The third-order valence-electron chi connectivity index (χ3n) is 4.79. The molecule has 0 bridgehead atoms. The maximum Gasteiger partial charge on any atom is 0.340 e. The Morgan fingerprint density at radius 3 is 2.60 bits per heavy atom. The summed E-state index contributed by atoms with van der Waals surface area (Å²) in [5, 5.41) is 11.7. The molecule has 0 unspecified atom stereocenters. The summed E-state index contributed by atoms with van der Waals surface area (Å²) in [6.45, 7) is 1.77. The van der Waals surface area contributed by atoms with Crippen LogP contribution in [0.2, 0.25) is 0 Å². The van der Waals surface area contributed by atoms with Gasteiger partial charge in [0.05, 0.1) is 23.0 Å². The number of hydrogen-bond acceptors (Lipinski definition) is 8. The van der Waals surface area contributed by atoms with Crippen molar-refractivity contribution in [3.8, 4) is 5.75 Å². The van der Waals surface area contributed by atoms with Crippen molar-refractivity contribution in [3.63, 3.8) is 0 Å². The van der Waals surface area contributed by atoms with Crippen molar-refractivity contribution >= 4 is 33.1 Å². The SMILES string of the molecule is CCOC(=O)C1=C(N)Oc2c(c(=O)sc3ccccc23)[C@H]1c1ccc([N+](=O)[O-])cc1. The van der Waals surface area contributed by atoms with Gasteiger partial charge in [0.2, 0.25) is 10.6 Å². The quantitative estimate of drug-likeness (QED) is 0.387. The van der Waals surface area contributed by atoms with Crippen molar-refractivity contribution in [1.29, 1.82) is 0 Å². The van der Waals surface area contributed by atoms with E-state index in [1.54, 1.807) is 19.1 Å². The van der Waals surface area contributed by atoms with E-state index in [0.29, 0.717) is 10.9 Å². The zero-order chi connectivity index (χ0) is 21.4. The fourth-order valence-corrected chi connectivity index (χ4v) is 4.43. The van der Waals surface area contributed by atoms with Crippen LogP contribution in [0.15, 0.2) is 64.8 Å². The molecule has 2 heterocycles. The molecule has 0 fully saturated rings. The highest BCUT2D eigenvalue weighted by molar-refractivity contribution is 7.16. The van der Waals surface area contributed by atoms with Crippen LogP contribution >= 0.6 is 11.3 Å². The Hall–Kier alpha value is -3.72. The molecule has 152 valence electrons. The maximum absolute atomic E-state index is 13.1. The topological polar surface area (TPSA) is 122 Å². The van der Waals surface area contributed by atoms with Crippen molar-refractivity contribution in [3.05, 3.63) is 90.8 Å². The van der Waals surface area contributed by atoms with Crippen molar-refractivity contribution < 1.29 is 19.2 Å². The number of nitro groups is 1. The second kappa shape index (κ2) is 7.60. The molecular weight excluding hydrogens is 408 g/mol. The molecule has 0 saturated carbocycles. The molecule has 4 rings (SSSR count). The number of non-ortho nitro benzene ring substituents is 1. The Labute approximate surface area is 174 Å². The Balaban J connectivity index is 2.00. The normalized spacial score (nSPS) is 15.4. The first-order valence-corrected chi connectivity index (χ1v) is 9.88. The summed E-state index contributed by atoms with van der Waals surface area (Å²) in [5.74, 6) is -1.46. The number of carbonyl (C=O) groups is 1. The number of fused-ring (bicyclic) bond motifs is 3. The van der Waals surface area contributed by atoms with E-state index in [2.05, 4.69) is 0 Å². The Morgan fingerprint density at radius 2 is 1.93 bits per heavy atom. The Morgan fingerprint density at radius 1 is 1.23 bits per heavy atom. The number of nitrogens with zero attached hydrogens (tertiary/aromatic N) is 1. The first-order chi connectivity index (χ1) is 14.4. The number of hydrogen-bond donors (Lipinski definition) is 1. The number of esters is 1. The smallest absolute Gasteiger partial charge is 0.340 e. The highest BCUT2D eigenvalue weighted by Gasteiger charge is 2.38. The van der Waals surface area contributed by atoms with Crippen LogP contribution in [0.4, 0.5) is 5.69 Å². The molecule has 0 radical (unpaired) electrons. The molecule has 9 heteroatoms. The molecule has 2 aromatic carbocycles. The van der Waals surface area contributed by atoms with Crippen LogP contribution < -0.4 is 15.2 Å². The van der Waals surface area contributed by atoms with Gasteiger partial charge in [-0.3, -0.25) is 14.9 Å². The van der Waals surface area contributed by atoms with Crippen LogP contribution in [-0.4, -0.2) is 17.5 Å². The highest BCUT2D eigenvalue weighted by atomic mass is 32.1. The first kappa shape index (κ1) is 19.6. The number of benzene rings is 2. The first-order valence-electron chi connectivity index (χ1n) is 9.07. The minimum absolute atomic E-state index is 0.00205. The standard InChI is InChI=1S/C21H16N2O6S/c1-2-28-20(24)17-15(11-7-9-12(10-8-11)23(26)27)16-18(29-19(17)22)13-5-3-4-6-14(13)30-21(16)25/h3-10,15H,2,22H2,1H3/t15-/m1/s1. The second-order valence-corrected chi connectivity index (χ2v) is 7.53. The largest absolute Gasteiger partial charge is 0.462 e. The van der Waals surface area contributed by atoms with Crippen LogP contribution in [-0.2, 0) is 9.53 Å². The van der Waals surface area contributed by atoms with Gasteiger partial charge < -0.3 is 15.2 Å². The van der Waals surface area contributed by atoms with Crippen molar-refractivity contribution in [2.24, 2.45) is 5.73 Å². The van der Waals surface area contributed by atoms with E-state index >= 15 is 0 Å². The molecule has 0 spiro atoms. The predicted molar refractivity (Wildman–Crippen MR) is 112 cm³/mol. The molecule has 30 heavy (non-hydrogen) atoms. The molecule has 0 saturated heterocycles. The third-order valence-corrected chi connectivity index (χ3v) is 5.77. The summed E-state index contributed by atoms with van der Waals surface area (Å²) in [6, 6.07) is 12.9. The molecule has 1 aromatic heterocycles. The van der Waals surface area contributed by atoms with Crippen molar-refractivity contribution in [2.45, 2.75) is 12.8 Å². The van der Waals surface area contributed by atoms with Gasteiger partial charge in [-0.2, -0.15) is 0 Å². The van der Waals surface area contributed by atoms with Gasteiger partial charge in [0.25, 0.3) is 5.69 Å². The van der Waals surface area contributed by atoms with Crippen molar-refractivity contribution in [2.75, 3.05) is 6.61 Å².